The Labute approximate surface area is 302 Å². The van der Waals surface area contributed by atoms with E-state index in [0.717, 1.165) is 24.2 Å². The zero-order valence-corrected chi connectivity index (χ0v) is 29.0. The van der Waals surface area contributed by atoms with Crippen molar-refractivity contribution in [3.05, 3.63) is 78.5 Å². The van der Waals surface area contributed by atoms with Gasteiger partial charge in [-0.3, -0.25) is 4.79 Å². The highest BCUT2D eigenvalue weighted by atomic mass is 19.1. The second-order valence-corrected chi connectivity index (χ2v) is 14.3. The summed E-state index contributed by atoms with van der Waals surface area (Å²) in [7, 11) is 0. The van der Waals surface area contributed by atoms with Gasteiger partial charge < -0.3 is 29.2 Å². The highest BCUT2D eigenvalue weighted by Crippen LogP contribution is 2.37. The lowest BCUT2D eigenvalue weighted by Crippen LogP contribution is -2.48. The molecule has 3 aliphatic heterocycles. The maximum atomic E-state index is 15.1. The summed E-state index contributed by atoms with van der Waals surface area (Å²) in [5, 5.41) is 8.91. The summed E-state index contributed by atoms with van der Waals surface area (Å²) in [4.78, 5) is 37.7. The van der Waals surface area contributed by atoms with Crippen LogP contribution in [-0.4, -0.2) is 95.6 Å². The van der Waals surface area contributed by atoms with E-state index in [1.807, 2.05) is 34.9 Å². The number of amides is 1. The van der Waals surface area contributed by atoms with Crippen LogP contribution in [0, 0.1) is 18.6 Å². The van der Waals surface area contributed by atoms with Gasteiger partial charge in [0.05, 0.1) is 47.1 Å². The summed E-state index contributed by atoms with van der Waals surface area (Å²) in [6, 6.07) is 12.3. The normalized spacial score (nSPS) is 21.7. The first-order chi connectivity index (χ1) is 25.9. The Morgan fingerprint density at radius 3 is 2.79 bits per heavy atom. The number of nitrogens with one attached hydrogen (secondary N) is 1. The van der Waals surface area contributed by atoms with Crippen molar-refractivity contribution in [2.45, 2.75) is 63.4 Å². The summed E-state index contributed by atoms with van der Waals surface area (Å²) in [6.07, 6.45) is 5.91. The Bertz CT molecular complexity index is 2410. The van der Waals surface area contributed by atoms with E-state index >= 15 is 4.39 Å². The lowest BCUT2D eigenvalue weighted by atomic mass is 10.1. The van der Waals surface area contributed by atoms with Crippen LogP contribution >= 0.6 is 0 Å². The summed E-state index contributed by atoms with van der Waals surface area (Å²) in [5.41, 5.74) is 3.65. The Balaban J connectivity index is 1.07. The van der Waals surface area contributed by atoms with Gasteiger partial charge in [0.2, 0.25) is 5.91 Å². The van der Waals surface area contributed by atoms with Crippen molar-refractivity contribution in [3.63, 3.8) is 0 Å². The van der Waals surface area contributed by atoms with Gasteiger partial charge in [0.25, 0.3) is 0 Å². The largest absolute Gasteiger partial charge is 0.488 e. The van der Waals surface area contributed by atoms with Crippen LogP contribution in [0.15, 0.2) is 61.1 Å². The standard InChI is InChI=1S/C38H36F2N10O3/c1-21-44-30-13-23(40)12-27-29-4-2-5-34(46-29)45-24-15-32(38(51)47-10-3-11-52-26(18-47)19-48(21)35(27)30)49(17-24)36-28-16-43-50(37(28)42-20-41-36)31-9-6-22(39)14-33(31)53-25-7-8-25/h2,4-6,9,12-14,16,20,24-26,32H,3,7-8,10-11,15,17-19H2,1H3,(H,45,46)/t24-,26-,32-/m0/s1. The molecule has 270 valence electrons. The number of nitrogens with zero attached hydrogens (tertiary/aromatic N) is 9. The number of aryl methyl sites for hydroxylation is 1. The van der Waals surface area contributed by atoms with E-state index in [1.54, 1.807) is 16.9 Å². The van der Waals surface area contributed by atoms with Gasteiger partial charge in [-0.05, 0) is 62.9 Å². The number of anilines is 2. The van der Waals surface area contributed by atoms with Crippen molar-refractivity contribution in [1.29, 1.82) is 0 Å². The molecule has 6 aromatic rings. The minimum Gasteiger partial charge on any atom is -0.488 e. The first-order valence-electron chi connectivity index (χ1n) is 18.1. The molecule has 1 N–H and O–H groups in total. The molecule has 1 saturated carbocycles. The van der Waals surface area contributed by atoms with Crippen LogP contribution < -0.4 is 15.0 Å². The van der Waals surface area contributed by atoms with Crippen LogP contribution in [0.25, 0.3) is 39.0 Å². The molecule has 7 heterocycles. The fourth-order valence-corrected chi connectivity index (χ4v) is 8.03. The molecule has 53 heavy (non-hydrogen) atoms. The number of carbonyl (C=O) groups is 1. The maximum Gasteiger partial charge on any atom is 0.245 e. The molecule has 3 fully saturated rings. The Kier molecular flexibility index (Phi) is 7.52. The maximum absolute atomic E-state index is 15.1. The average Bonchev–Trinajstić information content (AvgIpc) is 3.67. The molecular formula is C38H36F2N10O3. The number of pyridine rings is 1. The molecule has 1 amide bonds. The van der Waals surface area contributed by atoms with Gasteiger partial charge in [0.1, 0.15) is 52.9 Å². The molecule has 2 saturated heterocycles. The predicted molar refractivity (Wildman–Crippen MR) is 192 cm³/mol. The highest BCUT2D eigenvalue weighted by molar-refractivity contribution is 5.94. The molecule has 6 bridgehead atoms. The van der Waals surface area contributed by atoms with Crippen LogP contribution in [0.2, 0.25) is 0 Å². The molecule has 0 radical (unpaired) electrons. The second-order valence-electron chi connectivity index (χ2n) is 14.3. The minimum absolute atomic E-state index is 0.0193. The fourth-order valence-electron chi connectivity index (χ4n) is 8.03. The lowest BCUT2D eigenvalue weighted by molar-refractivity contribution is -0.133. The van der Waals surface area contributed by atoms with Crippen LogP contribution in [0.4, 0.5) is 20.4 Å². The zero-order valence-electron chi connectivity index (χ0n) is 29.0. The van der Waals surface area contributed by atoms with E-state index in [-0.39, 0.29) is 24.2 Å². The first kappa shape index (κ1) is 32.0. The van der Waals surface area contributed by atoms with Gasteiger partial charge in [-0.2, -0.15) is 5.10 Å². The number of carbonyl (C=O) groups excluding carboxylic acids is 1. The summed E-state index contributed by atoms with van der Waals surface area (Å²) in [6.45, 7) is 4.21. The third kappa shape index (κ3) is 5.70. The number of imidazole rings is 1. The molecule has 10 rings (SSSR count). The van der Waals surface area contributed by atoms with Gasteiger partial charge >= 0.3 is 0 Å². The molecule has 3 atom stereocenters. The Morgan fingerprint density at radius 1 is 1.00 bits per heavy atom. The van der Waals surface area contributed by atoms with E-state index in [2.05, 4.69) is 20.0 Å². The van der Waals surface area contributed by atoms with Crippen LogP contribution in [0.1, 0.15) is 31.5 Å². The van der Waals surface area contributed by atoms with Gasteiger partial charge in [-0.25, -0.2) is 33.4 Å². The predicted octanol–water partition coefficient (Wildman–Crippen LogP) is 5.05. The topological polar surface area (TPSA) is 128 Å². The molecule has 13 nitrogen and oxygen atoms in total. The van der Waals surface area contributed by atoms with Gasteiger partial charge in [0, 0.05) is 50.0 Å². The lowest BCUT2D eigenvalue weighted by Gasteiger charge is -2.31. The number of ether oxygens (including phenoxy) is 2. The number of hydrogen-bond acceptors (Lipinski definition) is 10. The average molecular weight is 719 g/mol. The zero-order chi connectivity index (χ0) is 35.8. The SMILES string of the molecule is Cc1nc2cc(F)cc3c2n1C[C@@H]1CN(CCCO1)C(=O)[C@@H]1C[C@@H](CN1c1ncnc2c1cnn2-c1ccc(F)cc1OC1CC1)Nc1cccc-3n1. The van der Waals surface area contributed by atoms with Crippen molar-refractivity contribution < 1.29 is 23.0 Å². The number of hydrogen-bond donors (Lipinski definition) is 1. The number of rotatable bonds is 4. The van der Waals surface area contributed by atoms with Gasteiger partial charge in [-0.15, -0.1) is 0 Å². The number of fused-ring (bicyclic) bond motifs is 8. The molecule has 0 spiro atoms. The summed E-state index contributed by atoms with van der Waals surface area (Å²) < 4.78 is 45.5. The van der Waals surface area contributed by atoms with Crippen molar-refractivity contribution in [2.24, 2.45) is 0 Å². The van der Waals surface area contributed by atoms with Gasteiger partial charge in [0.15, 0.2) is 5.65 Å². The van der Waals surface area contributed by atoms with Crippen molar-refractivity contribution >= 4 is 39.6 Å². The van der Waals surface area contributed by atoms with Gasteiger partial charge in [-0.1, -0.05) is 6.07 Å². The quantitative estimate of drug-likeness (QED) is 0.265. The minimum atomic E-state index is -0.562. The number of aromatic nitrogens is 7. The van der Waals surface area contributed by atoms with Crippen molar-refractivity contribution in [1.82, 2.24) is 39.2 Å². The van der Waals surface area contributed by atoms with E-state index in [4.69, 9.17) is 24.4 Å². The monoisotopic (exact) mass is 718 g/mol. The molecule has 4 aliphatic rings. The Morgan fingerprint density at radius 2 is 1.91 bits per heavy atom. The third-order valence-electron chi connectivity index (χ3n) is 10.6. The fraction of sp³-hybridized carbons (Fsp3) is 0.368. The first-order valence-corrected chi connectivity index (χ1v) is 18.1. The van der Waals surface area contributed by atoms with Crippen molar-refractivity contribution in [3.8, 4) is 22.7 Å². The molecule has 2 aromatic carbocycles. The Hall–Kier alpha value is -5.70. The van der Waals surface area contributed by atoms with E-state index in [1.165, 1.54) is 30.6 Å². The van der Waals surface area contributed by atoms with Crippen LogP contribution in [0.3, 0.4) is 0 Å². The van der Waals surface area contributed by atoms with Crippen LogP contribution in [-0.2, 0) is 16.1 Å². The number of benzene rings is 2. The highest BCUT2D eigenvalue weighted by Gasteiger charge is 2.42. The van der Waals surface area contributed by atoms with Crippen molar-refractivity contribution in [2.75, 3.05) is 36.5 Å². The second kappa shape index (κ2) is 12.5. The number of halogens is 2. The molecule has 1 aliphatic carbocycles. The van der Waals surface area contributed by atoms with Crippen LogP contribution in [0.5, 0.6) is 5.75 Å². The third-order valence-corrected chi connectivity index (χ3v) is 10.6. The van der Waals surface area contributed by atoms with E-state index in [9.17, 15) is 9.18 Å². The summed E-state index contributed by atoms with van der Waals surface area (Å²) >= 11 is 0. The van der Waals surface area contributed by atoms with E-state index in [0.29, 0.717) is 96.5 Å². The smallest absolute Gasteiger partial charge is 0.245 e. The molecule has 4 aromatic heterocycles. The molecule has 0 unspecified atom stereocenters. The summed E-state index contributed by atoms with van der Waals surface area (Å²) in [5.74, 6) is 1.49. The molecule has 15 heteroatoms. The molecular weight excluding hydrogens is 682 g/mol. The van der Waals surface area contributed by atoms with E-state index < -0.39 is 17.7 Å².